The fraction of sp³-hybridized carbons (Fsp3) is 0.345. The van der Waals surface area contributed by atoms with E-state index in [1.165, 1.54) is 18.1 Å². The van der Waals surface area contributed by atoms with Gasteiger partial charge in [-0.15, -0.1) is 5.10 Å². The van der Waals surface area contributed by atoms with Crippen LogP contribution in [0.2, 0.25) is 0 Å². The molecule has 2 fully saturated rings. The van der Waals surface area contributed by atoms with E-state index in [2.05, 4.69) is 30.7 Å². The van der Waals surface area contributed by atoms with Gasteiger partial charge in [-0.25, -0.2) is 9.78 Å². The highest BCUT2D eigenvalue weighted by Gasteiger charge is 2.33. The van der Waals surface area contributed by atoms with E-state index in [4.69, 9.17) is 9.84 Å². The van der Waals surface area contributed by atoms with Gasteiger partial charge >= 0.3 is 12.2 Å². The molecule has 0 radical (unpaired) electrons. The Morgan fingerprint density at radius 1 is 1.09 bits per heavy atom. The zero-order valence-corrected chi connectivity index (χ0v) is 24.0. The summed E-state index contributed by atoms with van der Waals surface area (Å²) in [4.78, 5) is 43.3. The van der Waals surface area contributed by atoms with Crippen LogP contribution in [0.25, 0.3) is 10.9 Å². The topological polar surface area (TPSA) is 147 Å². The number of amides is 4. The third kappa shape index (κ3) is 6.55. The number of halogens is 3. The number of fused-ring (bicyclic) bond motifs is 1. The van der Waals surface area contributed by atoms with Gasteiger partial charge in [-0.1, -0.05) is 6.07 Å². The second-order valence-corrected chi connectivity index (χ2v) is 10.7. The van der Waals surface area contributed by atoms with E-state index in [1.54, 1.807) is 18.2 Å². The van der Waals surface area contributed by atoms with Gasteiger partial charge in [0.1, 0.15) is 17.1 Å². The highest BCUT2D eigenvalue weighted by molar-refractivity contribution is 6.05. The van der Waals surface area contributed by atoms with Crippen molar-refractivity contribution in [3.05, 3.63) is 65.7 Å². The Morgan fingerprint density at radius 2 is 1.89 bits per heavy atom. The van der Waals surface area contributed by atoms with Gasteiger partial charge in [0.05, 0.1) is 30.0 Å². The lowest BCUT2D eigenvalue weighted by Gasteiger charge is -2.31. The van der Waals surface area contributed by atoms with E-state index in [-0.39, 0.29) is 36.3 Å². The van der Waals surface area contributed by atoms with Crippen LogP contribution in [0.3, 0.4) is 0 Å². The van der Waals surface area contributed by atoms with Crippen molar-refractivity contribution in [3.63, 3.8) is 0 Å². The summed E-state index contributed by atoms with van der Waals surface area (Å²) in [7, 11) is 1.43. The molecule has 5 heterocycles. The van der Waals surface area contributed by atoms with Gasteiger partial charge < -0.3 is 10.1 Å². The number of piperidine rings is 1. The Bertz CT molecular complexity index is 1750. The molecule has 6 rings (SSSR count). The zero-order valence-electron chi connectivity index (χ0n) is 24.0. The lowest BCUT2D eigenvalue weighted by molar-refractivity contribution is -0.141. The van der Waals surface area contributed by atoms with Crippen LogP contribution in [0.5, 0.6) is 5.75 Å². The molecule has 3 aromatic heterocycles. The molecule has 0 unspecified atom stereocenters. The number of anilines is 2. The molecule has 13 nitrogen and oxygen atoms in total. The van der Waals surface area contributed by atoms with Gasteiger partial charge in [0.2, 0.25) is 5.91 Å². The number of nitrogens with zero attached hydrogens (tertiary/aromatic N) is 7. The normalized spacial score (nSPS) is 16.6. The van der Waals surface area contributed by atoms with Gasteiger partial charge in [0.25, 0.3) is 5.91 Å². The number of likely N-dealkylation sites (tertiary alicyclic amines) is 1. The van der Waals surface area contributed by atoms with Crippen molar-refractivity contribution < 1.29 is 32.3 Å². The first-order valence-corrected chi connectivity index (χ1v) is 14.2. The van der Waals surface area contributed by atoms with E-state index in [0.717, 1.165) is 49.1 Å². The molecule has 2 aliphatic rings. The minimum absolute atomic E-state index is 0.126. The Kier molecular flexibility index (Phi) is 8.05. The molecule has 0 spiro atoms. The zero-order chi connectivity index (χ0) is 31.7. The maximum absolute atomic E-state index is 13.1. The fourth-order valence-electron chi connectivity index (χ4n) is 5.37. The number of alkyl halides is 3. The van der Waals surface area contributed by atoms with E-state index in [1.807, 2.05) is 16.9 Å². The largest absolute Gasteiger partial charge is 0.494 e. The van der Waals surface area contributed by atoms with Crippen molar-refractivity contribution in [2.45, 2.75) is 38.0 Å². The van der Waals surface area contributed by atoms with E-state index >= 15 is 0 Å². The molecular formula is C29H28F3N9O4. The summed E-state index contributed by atoms with van der Waals surface area (Å²) in [6.45, 7) is 2.42. The molecule has 0 saturated carbocycles. The van der Waals surface area contributed by atoms with Crippen LogP contribution in [0.15, 0.2) is 48.7 Å². The predicted octanol–water partition coefficient (Wildman–Crippen LogP) is 3.78. The number of carbonyl (C=O) groups is 3. The van der Waals surface area contributed by atoms with Crippen LogP contribution in [0, 0.1) is 0 Å². The number of nitrogens with one attached hydrogen (secondary N) is 2. The summed E-state index contributed by atoms with van der Waals surface area (Å²) in [5, 5.41) is 18.8. The molecule has 4 aromatic rings. The van der Waals surface area contributed by atoms with Crippen LogP contribution >= 0.6 is 0 Å². The average Bonchev–Trinajstić information content (AvgIpc) is 3.44. The van der Waals surface area contributed by atoms with Crippen molar-refractivity contribution >= 4 is 40.3 Å². The first kappa shape index (κ1) is 29.9. The molecule has 0 aliphatic carbocycles. The fourth-order valence-corrected chi connectivity index (χ4v) is 5.37. The first-order valence-electron chi connectivity index (χ1n) is 14.2. The standard InChI is InChI=1S/C29H28F3N9O4/c1-45-23-14-21-17(13-22(23)34-27(43)20-3-2-4-24(33-20)29(30,31)32)15-41(38-21)19-7-10-39(11-8-19)16-18-5-6-25(37-36-18)40-12-9-26(42)35-28(40)44/h2-6,13-15,19H,7-12,16H2,1H3,(H,34,43)(H,35,42,44). The van der Waals surface area contributed by atoms with Gasteiger partial charge in [-0.2, -0.15) is 23.4 Å². The van der Waals surface area contributed by atoms with Gasteiger partial charge in [0, 0.05) is 50.2 Å². The molecule has 2 saturated heterocycles. The number of urea groups is 1. The molecule has 45 heavy (non-hydrogen) atoms. The van der Waals surface area contributed by atoms with Gasteiger partial charge in [-0.3, -0.25) is 29.4 Å². The molecule has 2 aliphatic heterocycles. The summed E-state index contributed by atoms with van der Waals surface area (Å²) >= 11 is 0. The summed E-state index contributed by atoms with van der Waals surface area (Å²) in [6.07, 6.45) is -0.938. The summed E-state index contributed by atoms with van der Waals surface area (Å²) < 4.78 is 46.5. The Morgan fingerprint density at radius 3 is 2.58 bits per heavy atom. The quantitative estimate of drug-likeness (QED) is 0.314. The Labute approximate surface area is 254 Å². The maximum Gasteiger partial charge on any atom is 0.433 e. The molecule has 2 N–H and O–H groups in total. The SMILES string of the molecule is COc1cc2nn(C3CCN(Cc4ccc(N5CCC(=O)NC5=O)nn4)CC3)cc2cc1NC(=O)c1cccc(C(F)(F)F)n1. The van der Waals surface area contributed by atoms with Crippen LogP contribution < -0.4 is 20.3 Å². The number of ether oxygens (including phenoxy) is 1. The molecule has 1 aromatic carbocycles. The van der Waals surface area contributed by atoms with Crippen molar-refractivity contribution in [3.8, 4) is 5.75 Å². The maximum atomic E-state index is 13.1. The van der Waals surface area contributed by atoms with Gasteiger partial charge in [-0.05, 0) is 43.2 Å². The van der Waals surface area contributed by atoms with Crippen LogP contribution in [-0.4, -0.2) is 74.5 Å². The Hall–Kier alpha value is -5.12. The number of hydrogen-bond acceptors (Lipinski definition) is 9. The lowest BCUT2D eigenvalue weighted by Crippen LogP contribution is -2.50. The highest BCUT2D eigenvalue weighted by Crippen LogP contribution is 2.33. The number of aromatic nitrogens is 5. The second-order valence-electron chi connectivity index (χ2n) is 10.7. The van der Waals surface area contributed by atoms with E-state index in [0.29, 0.717) is 23.6 Å². The summed E-state index contributed by atoms with van der Waals surface area (Å²) in [5.74, 6) is -0.411. The molecule has 16 heteroatoms. The molecule has 0 bridgehead atoms. The molecular weight excluding hydrogens is 595 g/mol. The number of rotatable bonds is 7. The van der Waals surface area contributed by atoms with E-state index in [9.17, 15) is 27.6 Å². The number of carbonyl (C=O) groups excluding carboxylic acids is 3. The first-order chi connectivity index (χ1) is 21.6. The molecule has 4 amide bonds. The lowest BCUT2D eigenvalue weighted by atomic mass is 10.1. The number of methoxy groups -OCH3 is 1. The third-order valence-electron chi connectivity index (χ3n) is 7.72. The number of benzene rings is 1. The van der Waals surface area contributed by atoms with Crippen molar-refractivity contribution in [1.29, 1.82) is 0 Å². The minimum Gasteiger partial charge on any atom is -0.494 e. The van der Waals surface area contributed by atoms with Gasteiger partial charge in [0.15, 0.2) is 5.82 Å². The monoisotopic (exact) mass is 623 g/mol. The summed E-state index contributed by atoms with van der Waals surface area (Å²) in [6, 6.07) is 9.65. The number of imide groups is 1. The average molecular weight is 624 g/mol. The minimum atomic E-state index is -4.67. The highest BCUT2D eigenvalue weighted by atomic mass is 19.4. The molecule has 234 valence electrons. The van der Waals surface area contributed by atoms with Crippen LogP contribution in [0.1, 0.15) is 47.2 Å². The summed E-state index contributed by atoms with van der Waals surface area (Å²) in [5.41, 5.74) is 0.163. The number of pyridine rings is 1. The predicted molar refractivity (Wildman–Crippen MR) is 155 cm³/mol. The molecule has 0 atom stereocenters. The van der Waals surface area contributed by atoms with Crippen molar-refractivity contribution in [1.82, 2.24) is 35.2 Å². The second kappa shape index (κ2) is 12.1. The number of hydrogen-bond donors (Lipinski definition) is 2. The smallest absolute Gasteiger partial charge is 0.433 e. The Balaban J connectivity index is 1.08. The van der Waals surface area contributed by atoms with Crippen LogP contribution in [-0.2, 0) is 17.5 Å². The van der Waals surface area contributed by atoms with Crippen LogP contribution in [0.4, 0.5) is 29.5 Å². The van der Waals surface area contributed by atoms with E-state index < -0.39 is 23.8 Å². The van der Waals surface area contributed by atoms with Crippen molar-refractivity contribution in [2.24, 2.45) is 0 Å². The third-order valence-corrected chi connectivity index (χ3v) is 7.72. The van der Waals surface area contributed by atoms with Crippen molar-refractivity contribution in [2.75, 3.05) is 37.0 Å².